The standard InChI is InChI=1S/C20H17Br2N3S/c1-13-15(21)11-16(22)20-24-18(17-9-5-6-10-23-17)12-19(25(13)20)26-14-7-3-2-4-8-14/h2-11,18-19H,12H2,1H3. The topological polar surface area (TPSA) is 28.5 Å². The summed E-state index contributed by atoms with van der Waals surface area (Å²) in [5.41, 5.74) is 2.20. The van der Waals surface area contributed by atoms with Gasteiger partial charge in [-0.15, -0.1) is 11.8 Å². The van der Waals surface area contributed by atoms with Gasteiger partial charge in [-0.3, -0.25) is 9.98 Å². The second-order valence-corrected chi connectivity index (χ2v) is 9.10. The quantitative estimate of drug-likeness (QED) is 0.508. The van der Waals surface area contributed by atoms with Crippen LogP contribution < -0.4 is 0 Å². The van der Waals surface area contributed by atoms with E-state index >= 15 is 0 Å². The molecule has 0 N–H and O–H groups in total. The number of allylic oxidation sites excluding steroid dienone is 3. The lowest BCUT2D eigenvalue weighted by atomic mass is 10.1. The maximum atomic E-state index is 5.03. The number of pyridine rings is 1. The highest BCUT2D eigenvalue weighted by Crippen LogP contribution is 2.43. The molecule has 0 fully saturated rings. The Morgan fingerprint density at radius 2 is 1.85 bits per heavy atom. The second kappa shape index (κ2) is 7.71. The highest BCUT2D eigenvalue weighted by Gasteiger charge is 2.36. The molecule has 3 heterocycles. The van der Waals surface area contributed by atoms with Crippen LogP contribution in [-0.4, -0.2) is 21.1 Å². The van der Waals surface area contributed by atoms with Gasteiger partial charge in [0, 0.05) is 27.7 Å². The third kappa shape index (κ3) is 3.55. The molecule has 2 atom stereocenters. The van der Waals surface area contributed by atoms with Crippen molar-refractivity contribution in [3.8, 4) is 0 Å². The summed E-state index contributed by atoms with van der Waals surface area (Å²) in [5, 5.41) is 0.241. The van der Waals surface area contributed by atoms with E-state index in [9.17, 15) is 0 Å². The Labute approximate surface area is 174 Å². The molecule has 1 aromatic carbocycles. The highest BCUT2D eigenvalue weighted by molar-refractivity contribution is 9.12. The number of fused-ring (bicyclic) bond motifs is 1. The average Bonchev–Trinajstić information content (AvgIpc) is 2.67. The number of hydrogen-bond acceptors (Lipinski definition) is 4. The van der Waals surface area contributed by atoms with Crippen LogP contribution in [0.2, 0.25) is 0 Å². The molecule has 2 aliphatic rings. The van der Waals surface area contributed by atoms with Gasteiger partial charge in [-0.25, -0.2) is 0 Å². The molecular formula is C20H17Br2N3S. The van der Waals surface area contributed by atoms with Crippen LogP contribution in [0.4, 0.5) is 0 Å². The van der Waals surface area contributed by atoms with E-state index in [1.165, 1.54) is 10.6 Å². The normalized spacial score (nSPS) is 22.7. The predicted molar refractivity (Wildman–Crippen MR) is 116 cm³/mol. The van der Waals surface area contributed by atoms with Crippen molar-refractivity contribution in [3.63, 3.8) is 0 Å². The largest absolute Gasteiger partial charge is 0.316 e. The molecule has 0 saturated heterocycles. The van der Waals surface area contributed by atoms with Crippen LogP contribution in [0.5, 0.6) is 0 Å². The first kappa shape index (κ1) is 18.0. The maximum absolute atomic E-state index is 5.03. The van der Waals surface area contributed by atoms with E-state index in [1.807, 2.05) is 30.1 Å². The molecule has 2 unspecified atom stereocenters. The van der Waals surface area contributed by atoms with Gasteiger partial charge in [0.25, 0.3) is 0 Å². The van der Waals surface area contributed by atoms with Crippen molar-refractivity contribution in [3.05, 3.63) is 81.2 Å². The number of amidine groups is 1. The molecule has 132 valence electrons. The van der Waals surface area contributed by atoms with E-state index in [0.717, 1.165) is 26.9 Å². The summed E-state index contributed by atoms with van der Waals surface area (Å²) in [6.07, 6.45) is 4.82. The van der Waals surface area contributed by atoms with Crippen LogP contribution >= 0.6 is 43.6 Å². The highest BCUT2D eigenvalue weighted by atomic mass is 79.9. The van der Waals surface area contributed by atoms with Gasteiger partial charge in [0.2, 0.25) is 0 Å². The van der Waals surface area contributed by atoms with Crippen molar-refractivity contribution in [2.24, 2.45) is 4.99 Å². The third-order valence-electron chi connectivity index (χ3n) is 4.44. The molecule has 0 bridgehead atoms. The Morgan fingerprint density at radius 3 is 2.58 bits per heavy atom. The number of nitrogens with zero attached hydrogens (tertiary/aromatic N) is 3. The summed E-state index contributed by atoms with van der Waals surface area (Å²) in [4.78, 5) is 13.2. The zero-order valence-electron chi connectivity index (χ0n) is 14.1. The zero-order chi connectivity index (χ0) is 18.1. The van der Waals surface area contributed by atoms with Crippen LogP contribution in [0.1, 0.15) is 25.1 Å². The van der Waals surface area contributed by atoms with Gasteiger partial charge in [-0.1, -0.05) is 24.3 Å². The zero-order valence-corrected chi connectivity index (χ0v) is 18.1. The van der Waals surface area contributed by atoms with Gasteiger partial charge in [-0.2, -0.15) is 0 Å². The lowest BCUT2D eigenvalue weighted by Crippen LogP contribution is -2.43. The SMILES string of the molecule is CC1=C(Br)C=C(Br)C2=NC(c3ccccn3)CC(Sc3ccccc3)N21. The van der Waals surface area contributed by atoms with Gasteiger partial charge in [0.1, 0.15) is 5.84 Å². The van der Waals surface area contributed by atoms with Crippen LogP contribution in [0.3, 0.4) is 0 Å². The van der Waals surface area contributed by atoms with Gasteiger partial charge in [-0.05, 0) is 69.1 Å². The predicted octanol–water partition coefficient (Wildman–Crippen LogP) is 6.26. The smallest absolute Gasteiger partial charge is 0.144 e. The fourth-order valence-corrected chi connectivity index (χ4v) is 5.68. The number of thioether (sulfide) groups is 1. The fraction of sp³-hybridized carbons (Fsp3) is 0.200. The third-order valence-corrected chi connectivity index (χ3v) is 7.04. The Bertz CT molecular complexity index is 894. The van der Waals surface area contributed by atoms with Crippen LogP contribution in [-0.2, 0) is 0 Å². The molecule has 0 spiro atoms. The number of aliphatic imine (C=N–C) groups is 1. The minimum Gasteiger partial charge on any atom is -0.316 e. The second-order valence-electron chi connectivity index (χ2n) is 6.14. The van der Waals surface area contributed by atoms with E-state index in [2.05, 4.69) is 91.1 Å². The summed E-state index contributed by atoms with van der Waals surface area (Å²) >= 11 is 9.26. The first-order valence-electron chi connectivity index (χ1n) is 8.37. The Balaban J connectivity index is 1.75. The molecule has 6 heteroatoms. The van der Waals surface area contributed by atoms with Crippen molar-refractivity contribution in [2.75, 3.05) is 0 Å². The number of aromatic nitrogens is 1. The van der Waals surface area contributed by atoms with E-state index in [4.69, 9.17) is 4.99 Å². The van der Waals surface area contributed by atoms with Crippen molar-refractivity contribution in [1.29, 1.82) is 0 Å². The first-order chi connectivity index (χ1) is 12.6. The van der Waals surface area contributed by atoms with E-state index < -0.39 is 0 Å². The molecule has 2 aromatic rings. The van der Waals surface area contributed by atoms with Crippen molar-refractivity contribution < 1.29 is 0 Å². The summed E-state index contributed by atoms with van der Waals surface area (Å²) in [6.45, 7) is 2.13. The van der Waals surface area contributed by atoms with Crippen molar-refractivity contribution >= 4 is 49.5 Å². The number of halogens is 2. The summed E-state index contributed by atoms with van der Waals surface area (Å²) in [6, 6.07) is 16.6. The van der Waals surface area contributed by atoms with Gasteiger partial charge in [0.05, 0.1) is 21.6 Å². The first-order valence-corrected chi connectivity index (χ1v) is 10.8. The van der Waals surface area contributed by atoms with Gasteiger partial charge < -0.3 is 4.90 Å². The minimum atomic E-state index is 0.0503. The average molecular weight is 491 g/mol. The number of hydrogen-bond donors (Lipinski definition) is 0. The van der Waals surface area contributed by atoms with E-state index in [1.54, 1.807) is 0 Å². The molecule has 0 radical (unpaired) electrons. The van der Waals surface area contributed by atoms with Crippen LogP contribution in [0, 0.1) is 0 Å². The van der Waals surface area contributed by atoms with Crippen LogP contribution in [0.25, 0.3) is 0 Å². The number of rotatable bonds is 3. The fourth-order valence-electron chi connectivity index (χ4n) is 3.16. The Morgan fingerprint density at radius 1 is 1.08 bits per heavy atom. The minimum absolute atomic E-state index is 0.0503. The molecule has 0 amide bonds. The van der Waals surface area contributed by atoms with Gasteiger partial charge >= 0.3 is 0 Å². The maximum Gasteiger partial charge on any atom is 0.144 e. The molecular weight excluding hydrogens is 474 g/mol. The lowest BCUT2D eigenvalue weighted by Gasteiger charge is -2.41. The molecule has 1 aromatic heterocycles. The Hall–Kier alpha value is -1.37. The number of benzene rings is 1. The molecule has 0 aliphatic carbocycles. The molecule has 0 saturated carbocycles. The van der Waals surface area contributed by atoms with Crippen molar-refractivity contribution in [2.45, 2.75) is 29.7 Å². The summed E-state index contributed by atoms with van der Waals surface area (Å²) < 4.78 is 2.08. The van der Waals surface area contributed by atoms with Gasteiger partial charge in [0.15, 0.2) is 0 Å². The van der Waals surface area contributed by atoms with E-state index in [-0.39, 0.29) is 11.4 Å². The van der Waals surface area contributed by atoms with Crippen LogP contribution in [0.15, 0.2) is 85.4 Å². The molecule has 2 aliphatic heterocycles. The summed E-state index contributed by atoms with van der Waals surface area (Å²) in [7, 11) is 0. The summed E-state index contributed by atoms with van der Waals surface area (Å²) in [5.74, 6) is 0.973. The molecule has 3 nitrogen and oxygen atoms in total. The monoisotopic (exact) mass is 489 g/mol. The molecule has 4 rings (SSSR count). The lowest BCUT2D eigenvalue weighted by molar-refractivity contribution is 0.394. The van der Waals surface area contributed by atoms with Crippen molar-refractivity contribution in [1.82, 2.24) is 9.88 Å². The Kier molecular flexibility index (Phi) is 5.34. The van der Waals surface area contributed by atoms with E-state index in [0.29, 0.717) is 0 Å². The molecule has 26 heavy (non-hydrogen) atoms.